The van der Waals surface area contributed by atoms with Crippen LogP contribution in [-0.2, 0) is 14.3 Å². The summed E-state index contributed by atoms with van der Waals surface area (Å²) in [4.78, 5) is 23.4. The quantitative estimate of drug-likeness (QED) is 0.652. The minimum absolute atomic E-state index is 0.0776. The highest BCUT2D eigenvalue weighted by Gasteiger charge is 2.54. The van der Waals surface area contributed by atoms with Crippen molar-refractivity contribution in [2.24, 2.45) is 11.3 Å². The van der Waals surface area contributed by atoms with Gasteiger partial charge in [-0.3, -0.25) is 4.79 Å². The molecule has 17 heavy (non-hydrogen) atoms. The molecule has 0 spiro atoms. The van der Waals surface area contributed by atoms with E-state index in [9.17, 15) is 9.59 Å². The average Bonchev–Trinajstić information content (AvgIpc) is 2.32. The van der Waals surface area contributed by atoms with Crippen LogP contribution in [0.15, 0.2) is 11.1 Å². The lowest BCUT2D eigenvalue weighted by atomic mass is 9.60. The van der Waals surface area contributed by atoms with Gasteiger partial charge in [0.05, 0.1) is 17.6 Å². The van der Waals surface area contributed by atoms with Gasteiger partial charge >= 0.3 is 0 Å². The van der Waals surface area contributed by atoms with Crippen LogP contribution in [0.25, 0.3) is 0 Å². The predicted molar refractivity (Wildman–Crippen MR) is 62.5 cm³/mol. The van der Waals surface area contributed by atoms with Gasteiger partial charge in [-0.05, 0) is 31.8 Å². The zero-order valence-electron chi connectivity index (χ0n) is 10.4. The van der Waals surface area contributed by atoms with Crippen molar-refractivity contribution in [3.05, 3.63) is 11.1 Å². The maximum atomic E-state index is 12.1. The van der Waals surface area contributed by atoms with Crippen molar-refractivity contribution in [1.82, 2.24) is 0 Å². The second kappa shape index (κ2) is 3.52. The molecule has 0 N–H and O–H groups in total. The predicted octanol–water partition coefficient (Wildman–Crippen LogP) is 2.05. The first kappa shape index (κ1) is 11.1. The van der Waals surface area contributed by atoms with E-state index in [-0.39, 0.29) is 18.1 Å². The highest BCUT2D eigenvalue weighted by molar-refractivity contribution is 5.98. The van der Waals surface area contributed by atoms with Crippen LogP contribution in [0.4, 0.5) is 0 Å². The number of carbonyl (C=O) groups is 2. The minimum Gasteiger partial charge on any atom is -0.369 e. The zero-order valence-corrected chi connectivity index (χ0v) is 10.4. The molecule has 0 aromatic carbocycles. The number of rotatable bonds is 1. The van der Waals surface area contributed by atoms with Crippen molar-refractivity contribution in [3.63, 3.8) is 0 Å². The van der Waals surface area contributed by atoms with Gasteiger partial charge in [-0.1, -0.05) is 6.92 Å². The van der Waals surface area contributed by atoms with Gasteiger partial charge in [0.15, 0.2) is 5.78 Å². The van der Waals surface area contributed by atoms with Crippen molar-refractivity contribution in [2.75, 3.05) is 0 Å². The van der Waals surface area contributed by atoms with Crippen LogP contribution >= 0.6 is 0 Å². The number of aldehydes is 1. The molecule has 2 aliphatic heterocycles. The Morgan fingerprint density at radius 2 is 2.18 bits per heavy atom. The summed E-state index contributed by atoms with van der Waals surface area (Å²) in [7, 11) is 0. The molecule has 0 aromatic rings. The molecule has 2 bridgehead atoms. The lowest BCUT2D eigenvalue weighted by Gasteiger charge is -2.52. The fourth-order valence-corrected chi connectivity index (χ4v) is 3.74. The lowest BCUT2D eigenvalue weighted by Crippen LogP contribution is -2.55. The van der Waals surface area contributed by atoms with E-state index in [0.717, 1.165) is 36.7 Å². The first-order valence-electron chi connectivity index (χ1n) is 6.45. The van der Waals surface area contributed by atoms with Gasteiger partial charge in [-0.2, -0.15) is 0 Å². The zero-order chi connectivity index (χ0) is 12.2. The molecular formula is C14H18O3. The number of hydrogen-bond acceptors (Lipinski definition) is 3. The van der Waals surface area contributed by atoms with Gasteiger partial charge < -0.3 is 9.53 Å². The molecule has 3 heteroatoms. The Labute approximate surface area is 101 Å². The van der Waals surface area contributed by atoms with E-state index in [2.05, 4.69) is 0 Å². The molecule has 1 saturated heterocycles. The number of hydrogen-bond donors (Lipinski definition) is 0. The van der Waals surface area contributed by atoms with Gasteiger partial charge in [-0.25, -0.2) is 0 Å². The van der Waals surface area contributed by atoms with E-state index < -0.39 is 5.41 Å². The third kappa shape index (κ3) is 1.38. The maximum Gasteiger partial charge on any atom is 0.159 e. The summed E-state index contributed by atoms with van der Waals surface area (Å²) in [6.45, 7) is 3.99. The fraction of sp³-hybridized carbons (Fsp3) is 0.714. The first-order chi connectivity index (χ1) is 8.07. The molecule has 0 aromatic heterocycles. The Bertz CT molecular complexity index is 423. The van der Waals surface area contributed by atoms with Gasteiger partial charge in [0, 0.05) is 17.9 Å². The van der Waals surface area contributed by atoms with Crippen LogP contribution in [0.3, 0.4) is 0 Å². The minimum atomic E-state index is -0.423. The molecule has 2 heterocycles. The van der Waals surface area contributed by atoms with Crippen molar-refractivity contribution in [3.8, 4) is 0 Å². The first-order valence-corrected chi connectivity index (χ1v) is 6.45. The van der Waals surface area contributed by atoms with Crippen LogP contribution in [-0.4, -0.2) is 24.3 Å². The highest BCUT2D eigenvalue weighted by Crippen LogP contribution is 2.53. The molecule has 4 aliphatic rings. The topological polar surface area (TPSA) is 43.4 Å². The standard InChI is InChI=1S/C14H18O3/c1-8-10-6-14(2,7-15)13(17-8)9-4-3-5-11(16)12(9)10/h7-8,10,13H,3-6H2,1-2H3/t8-,10+,13-,14-/m1/s1. The summed E-state index contributed by atoms with van der Waals surface area (Å²) in [5.41, 5.74) is 1.72. The number of fused-ring (bicyclic) bond motifs is 2. The Morgan fingerprint density at radius 3 is 2.88 bits per heavy atom. The molecule has 4 atom stereocenters. The van der Waals surface area contributed by atoms with Gasteiger partial charge in [0.25, 0.3) is 0 Å². The van der Waals surface area contributed by atoms with E-state index in [4.69, 9.17) is 4.74 Å². The molecule has 92 valence electrons. The summed E-state index contributed by atoms with van der Waals surface area (Å²) < 4.78 is 5.97. The largest absolute Gasteiger partial charge is 0.369 e. The van der Waals surface area contributed by atoms with E-state index in [1.807, 2.05) is 13.8 Å². The molecule has 2 aliphatic carbocycles. The van der Waals surface area contributed by atoms with Crippen molar-refractivity contribution >= 4 is 12.1 Å². The van der Waals surface area contributed by atoms with Crippen LogP contribution < -0.4 is 0 Å². The molecular weight excluding hydrogens is 216 g/mol. The van der Waals surface area contributed by atoms with Crippen molar-refractivity contribution in [2.45, 2.75) is 51.7 Å². The number of ketones is 1. The van der Waals surface area contributed by atoms with Gasteiger partial charge in [0.2, 0.25) is 0 Å². The second-order valence-corrected chi connectivity index (χ2v) is 5.87. The molecule has 0 radical (unpaired) electrons. The van der Waals surface area contributed by atoms with Crippen molar-refractivity contribution < 1.29 is 14.3 Å². The fourth-order valence-electron chi connectivity index (χ4n) is 3.74. The average molecular weight is 234 g/mol. The smallest absolute Gasteiger partial charge is 0.159 e. The van der Waals surface area contributed by atoms with Crippen LogP contribution in [0, 0.1) is 11.3 Å². The summed E-state index contributed by atoms with van der Waals surface area (Å²) >= 11 is 0. The van der Waals surface area contributed by atoms with Gasteiger partial charge in [-0.15, -0.1) is 0 Å². The number of Topliss-reactive ketones (excluding diaryl/α,β-unsaturated/α-hetero) is 1. The molecule has 4 rings (SSSR count). The van der Waals surface area contributed by atoms with E-state index in [1.165, 1.54) is 0 Å². The summed E-state index contributed by atoms with van der Waals surface area (Å²) in [6.07, 6.45) is 4.23. The third-order valence-electron chi connectivity index (χ3n) is 4.63. The van der Waals surface area contributed by atoms with Crippen molar-refractivity contribution in [1.29, 1.82) is 0 Å². The lowest BCUT2D eigenvalue weighted by molar-refractivity contribution is -0.155. The Kier molecular flexibility index (Phi) is 2.31. The molecule has 0 unspecified atom stereocenters. The monoisotopic (exact) mass is 234 g/mol. The Balaban J connectivity index is 2.12. The van der Waals surface area contributed by atoms with E-state index >= 15 is 0 Å². The van der Waals surface area contributed by atoms with Crippen LogP contribution in [0.5, 0.6) is 0 Å². The molecule has 0 amide bonds. The summed E-state index contributed by atoms with van der Waals surface area (Å²) in [5.74, 6) is 0.433. The Hall–Kier alpha value is -0.960. The second-order valence-electron chi connectivity index (χ2n) is 5.87. The third-order valence-corrected chi connectivity index (χ3v) is 4.63. The molecule has 3 nitrogen and oxygen atoms in total. The Morgan fingerprint density at radius 1 is 1.41 bits per heavy atom. The normalized spacial score (nSPS) is 44.8. The summed E-state index contributed by atoms with van der Waals surface area (Å²) in [6, 6.07) is 0. The SMILES string of the molecule is C[C@H]1O[C@@H]2C3=C(C(=O)CCC3)[C@H]1C[C@]2(C)C=O. The maximum absolute atomic E-state index is 12.1. The van der Waals surface area contributed by atoms with Crippen LogP contribution in [0.2, 0.25) is 0 Å². The van der Waals surface area contributed by atoms with E-state index in [0.29, 0.717) is 12.2 Å². The molecule has 0 saturated carbocycles. The number of carbonyl (C=O) groups excluding carboxylic acids is 2. The van der Waals surface area contributed by atoms with Gasteiger partial charge in [0.1, 0.15) is 6.29 Å². The summed E-state index contributed by atoms with van der Waals surface area (Å²) in [5, 5.41) is 0. The highest BCUT2D eigenvalue weighted by atomic mass is 16.5. The number of ether oxygens (including phenoxy) is 1. The van der Waals surface area contributed by atoms with Crippen LogP contribution in [0.1, 0.15) is 39.5 Å². The molecule has 1 fully saturated rings. The van der Waals surface area contributed by atoms with E-state index in [1.54, 1.807) is 0 Å².